The van der Waals surface area contributed by atoms with Crippen molar-refractivity contribution in [3.05, 3.63) is 0 Å². The Morgan fingerprint density at radius 2 is 1.23 bits per heavy atom. The lowest BCUT2D eigenvalue weighted by Gasteiger charge is -2.41. The van der Waals surface area contributed by atoms with Gasteiger partial charge in [0.2, 0.25) is 11.8 Å². The van der Waals surface area contributed by atoms with Crippen LogP contribution in [-0.4, -0.2) is 83.4 Å². The van der Waals surface area contributed by atoms with E-state index in [4.69, 9.17) is 0 Å². The van der Waals surface area contributed by atoms with Crippen LogP contribution in [0.25, 0.3) is 0 Å². The molecule has 2 aliphatic rings. The topological polar surface area (TPSA) is 55.9 Å². The van der Waals surface area contributed by atoms with E-state index in [1.807, 2.05) is 34.6 Å². The fourth-order valence-corrected chi connectivity index (χ4v) is 3.86. The molecule has 6 nitrogen and oxygen atoms in total. The van der Waals surface area contributed by atoms with Gasteiger partial charge >= 0.3 is 0 Å². The van der Waals surface area contributed by atoms with Gasteiger partial charge in [-0.05, 0) is 47.5 Å². The molecule has 1 N–H and O–H groups in total. The molecular weight excluding hydrogens is 328 g/mol. The Labute approximate surface area is 159 Å². The second-order valence-electron chi connectivity index (χ2n) is 8.90. The van der Waals surface area contributed by atoms with Crippen LogP contribution in [0.15, 0.2) is 0 Å². The van der Waals surface area contributed by atoms with Crippen LogP contribution >= 0.6 is 0 Å². The summed E-state index contributed by atoms with van der Waals surface area (Å²) in [6, 6.07) is -0.193. The van der Waals surface area contributed by atoms with Crippen LogP contribution in [0.3, 0.4) is 0 Å². The number of carbonyl (C=O) groups excluding carboxylic acids is 2. The SMILES string of the molecule is CC(C(=O)NC(C)(C)C)N1CCN(C(C)C(=O)N2CCCCCC2)CC1. The van der Waals surface area contributed by atoms with Crippen molar-refractivity contribution in [3.8, 4) is 0 Å². The second kappa shape index (κ2) is 9.18. The van der Waals surface area contributed by atoms with Crippen molar-refractivity contribution in [2.24, 2.45) is 0 Å². The average Bonchev–Trinajstić information content (AvgIpc) is 2.88. The van der Waals surface area contributed by atoms with Gasteiger partial charge < -0.3 is 10.2 Å². The lowest BCUT2D eigenvalue weighted by atomic mass is 10.1. The van der Waals surface area contributed by atoms with E-state index in [1.165, 1.54) is 12.8 Å². The molecule has 2 rings (SSSR count). The Hall–Kier alpha value is -1.14. The lowest BCUT2D eigenvalue weighted by molar-refractivity contribution is -0.138. The molecule has 2 fully saturated rings. The summed E-state index contributed by atoms with van der Waals surface area (Å²) < 4.78 is 0. The fraction of sp³-hybridized carbons (Fsp3) is 0.900. The maximum atomic E-state index is 12.8. The van der Waals surface area contributed by atoms with E-state index < -0.39 is 0 Å². The van der Waals surface area contributed by atoms with Gasteiger partial charge in [0.05, 0.1) is 12.1 Å². The molecule has 0 aromatic heterocycles. The Balaban J connectivity index is 1.83. The zero-order valence-electron chi connectivity index (χ0n) is 17.4. The third-order valence-electron chi connectivity index (χ3n) is 5.60. The molecule has 0 bridgehead atoms. The number of rotatable bonds is 4. The van der Waals surface area contributed by atoms with Crippen LogP contribution in [0.5, 0.6) is 0 Å². The Morgan fingerprint density at radius 3 is 1.69 bits per heavy atom. The van der Waals surface area contributed by atoms with Gasteiger partial charge in [-0.3, -0.25) is 19.4 Å². The van der Waals surface area contributed by atoms with Crippen LogP contribution in [0.4, 0.5) is 0 Å². The van der Waals surface area contributed by atoms with Crippen LogP contribution in [-0.2, 0) is 9.59 Å². The summed E-state index contributed by atoms with van der Waals surface area (Å²) in [5.74, 6) is 0.360. The third-order valence-corrected chi connectivity index (χ3v) is 5.60. The zero-order chi connectivity index (χ0) is 19.3. The number of nitrogens with zero attached hydrogens (tertiary/aromatic N) is 3. The molecule has 0 aliphatic carbocycles. The molecule has 150 valence electrons. The molecule has 6 heteroatoms. The normalized spacial score (nSPS) is 23.2. The van der Waals surface area contributed by atoms with Crippen molar-refractivity contribution >= 4 is 11.8 Å². The molecule has 2 saturated heterocycles. The first-order valence-corrected chi connectivity index (χ1v) is 10.3. The molecule has 0 saturated carbocycles. The minimum Gasteiger partial charge on any atom is -0.350 e. The first-order valence-electron chi connectivity index (χ1n) is 10.3. The van der Waals surface area contributed by atoms with Crippen molar-refractivity contribution in [3.63, 3.8) is 0 Å². The average molecular weight is 367 g/mol. The molecule has 0 spiro atoms. The van der Waals surface area contributed by atoms with Crippen LogP contribution < -0.4 is 5.32 Å². The molecule has 2 aliphatic heterocycles. The Morgan fingerprint density at radius 1 is 0.769 bits per heavy atom. The molecule has 2 amide bonds. The second-order valence-corrected chi connectivity index (χ2v) is 8.90. The van der Waals surface area contributed by atoms with Gasteiger partial charge in [0.25, 0.3) is 0 Å². The summed E-state index contributed by atoms with van der Waals surface area (Å²) in [5.41, 5.74) is -0.207. The van der Waals surface area contributed by atoms with Gasteiger partial charge in [-0.2, -0.15) is 0 Å². The van der Waals surface area contributed by atoms with Crippen molar-refractivity contribution < 1.29 is 9.59 Å². The molecule has 2 heterocycles. The summed E-state index contributed by atoms with van der Waals surface area (Å²) in [7, 11) is 0. The minimum absolute atomic E-state index is 0.0612. The molecule has 0 aromatic carbocycles. The monoisotopic (exact) mass is 366 g/mol. The van der Waals surface area contributed by atoms with E-state index in [-0.39, 0.29) is 29.4 Å². The van der Waals surface area contributed by atoms with Gasteiger partial charge in [0.1, 0.15) is 0 Å². The van der Waals surface area contributed by atoms with Crippen molar-refractivity contribution in [2.45, 2.75) is 77.9 Å². The van der Waals surface area contributed by atoms with E-state index in [1.54, 1.807) is 0 Å². The van der Waals surface area contributed by atoms with E-state index in [0.717, 1.165) is 52.1 Å². The highest BCUT2D eigenvalue weighted by atomic mass is 16.2. The summed E-state index contributed by atoms with van der Waals surface area (Å²) >= 11 is 0. The van der Waals surface area contributed by atoms with Gasteiger partial charge in [0.15, 0.2) is 0 Å². The van der Waals surface area contributed by atoms with E-state index in [2.05, 4.69) is 20.0 Å². The number of carbonyl (C=O) groups is 2. The number of hydrogen-bond donors (Lipinski definition) is 1. The lowest BCUT2D eigenvalue weighted by Crippen LogP contribution is -2.59. The Kier molecular flexibility index (Phi) is 7.47. The predicted molar refractivity (Wildman–Crippen MR) is 105 cm³/mol. The highest BCUT2D eigenvalue weighted by Gasteiger charge is 2.32. The van der Waals surface area contributed by atoms with Crippen molar-refractivity contribution in [2.75, 3.05) is 39.3 Å². The molecule has 2 unspecified atom stereocenters. The highest BCUT2D eigenvalue weighted by molar-refractivity contribution is 5.82. The van der Waals surface area contributed by atoms with E-state index >= 15 is 0 Å². The third kappa shape index (κ3) is 5.95. The summed E-state index contributed by atoms with van der Waals surface area (Å²) in [4.78, 5) is 31.8. The highest BCUT2D eigenvalue weighted by Crippen LogP contribution is 2.15. The molecule has 2 atom stereocenters. The van der Waals surface area contributed by atoms with Gasteiger partial charge in [0, 0.05) is 44.8 Å². The molecule has 0 radical (unpaired) electrons. The van der Waals surface area contributed by atoms with Crippen LogP contribution in [0, 0.1) is 0 Å². The zero-order valence-corrected chi connectivity index (χ0v) is 17.4. The molecule has 0 aromatic rings. The molecule has 26 heavy (non-hydrogen) atoms. The van der Waals surface area contributed by atoms with E-state index in [9.17, 15) is 9.59 Å². The van der Waals surface area contributed by atoms with E-state index in [0.29, 0.717) is 0 Å². The maximum Gasteiger partial charge on any atom is 0.239 e. The largest absolute Gasteiger partial charge is 0.350 e. The van der Waals surface area contributed by atoms with Gasteiger partial charge in [-0.25, -0.2) is 0 Å². The van der Waals surface area contributed by atoms with Crippen LogP contribution in [0.2, 0.25) is 0 Å². The van der Waals surface area contributed by atoms with Crippen LogP contribution in [0.1, 0.15) is 60.3 Å². The maximum absolute atomic E-state index is 12.8. The smallest absolute Gasteiger partial charge is 0.239 e. The summed E-state index contributed by atoms with van der Waals surface area (Å²) in [6.45, 7) is 15.2. The first kappa shape index (κ1) is 21.2. The fourth-order valence-electron chi connectivity index (χ4n) is 3.86. The minimum atomic E-state index is -0.207. The molecular formula is C20H38N4O2. The number of amides is 2. The number of nitrogens with one attached hydrogen (secondary N) is 1. The standard InChI is InChI=1S/C20H38N4O2/c1-16(18(25)21-20(3,4)5)22-12-14-23(15-13-22)17(2)19(26)24-10-8-6-7-9-11-24/h16-17H,6-15H2,1-5H3,(H,21,25). The van der Waals surface area contributed by atoms with Crippen molar-refractivity contribution in [1.29, 1.82) is 0 Å². The van der Waals surface area contributed by atoms with Gasteiger partial charge in [-0.15, -0.1) is 0 Å². The number of likely N-dealkylation sites (tertiary alicyclic amines) is 1. The first-order chi connectivity index (χ1) is 12.2. The van der Waals surface area contributed by atoms with Crippen molar-refractivity contribution in [1.82, 2.24) is 20.0 Å². The number of piperazine rings is 1. The van der Waals surface area contributed by atoms with Gasteiger partial charge in [-0.1, -0.05) is 12.8 Å². The number of hydrogen-bond acceptors (Lipinski definition) is 4. The quantitative estimate of drug-likeness (QED) is 0.823. The summed E-state index contributed by atoms with van der Waals surface area (Å²) in [6.07, 6.45) is 4.75. The Bertz CT molecular complexity index is 473. The predicted octanol–water partition coefficient (Wildman–Crippen LogP) is 1.70. The summed E-state index contributed by atoms with van der Waals surface area (Å²) in [5, 5.41) is 3.06.